The van der Waals surface area contributed by atoms with E-state index in [1.54, 1.807) is 18.2 Å². The van der Waals surface area contributed by atoms with Gasteiger partial charge in [0.25, 0.3) is 10.1 Å². The third-order valence-electron chi connectivity index (χ3n) is 5.02. The highest BCUT2D eigenvalue weighted by Gasteiger charge is 2.15. The summed E-state index contributed by atoms with van der Waals surface area (Å²) in [6.45, 7) is 12.4. The Kier molecular flexibility index (Phi) is 24.0. The molecule has 0 saturated carbocycles. The Labute approximate surface area is 262 Å². The fourth-order valence-electron chi connectivity index (χ4n) is 3.04. The fraction of sp³-hybridized carbons (Fsp3) is 0.759. The van der Waals surface area contributed by atoms with Gasteiger partial charge in [-0.25, -0.2) is 4.79 Å². The van der Waals surface area contributed by atoms with E-state index < -0.39 is 21.8 Å². The van der Waals surface area contributed by atoms with Gasteiger partial charge in [0.2, 0.25) is 0 Å². The topological polar surface area (TPSA) is 156 Å². The molecule has 0 aliphatic rings. The predicted molar refractivity (Wildman–Crippen MR) is 160 cm³/mol. The molecule has 0 heterocycles. The summed E-state index contributed by atoms with van der Waals surface area (Å²) in [5.41, 5.74) is -0.518. The monoisotopic (exact) mass is 653 g/mol. The van der Waals surface area contributed by atoms with Gasteiger partial charge in [-0.2, -0.15) is 8.42 Å². The minimum atomic E-state index is -3.76. The van der Waals surface area contributed by atoms with E-state index >= 15 is 0 Å². The zero-order valence-corrected chi connectivity index (χ0v) is 27.1. The number of carbonyl (C=O) groups is 1. The second-order valence-electron chi connectivity index (χ2n) is 9.92. The highest BCUT2D eigenvalue weighted by molar-refractivity contribution is 7.86. The third kappa shape index (κ3) is 25.4. The number of benzene rings is 1. The molecule has 15 heteroatoms. The lowest BCUT2D eigenvalue weighted by molar-refractivity contribution is -0.0235. The molecule has 256 valence electrons. The Balaban J connectivity index is 1.70. The average Bonchev–Trinajstić information content (AvgIpc) is 2.98. The first-order chi connectivity index (χ1) is 21.2. The lowest BCUT2D eigenvalue weighted by Gasteiger charge is -2.19. The Hall–Kier alpha value is -1.92. The van der Waals surface area contributed by atoms with Gasteiger partial charge in [-0.15, -0.1) is 0 Å². The molecule has 1 aromatic rings. The number of carbonyl (C=O) groups excluding carboxylic acids is 1. The van der Waals surface area contributed by atoms with Crippen molar-refractivity contribution in [2.24, 2.45) is 0 Å². The van der Waals surface area contributed by atoms with Crippen molar-refractivity contribution in [3.63, 3.8) is 0 Å². The van der Waals surface area contributed by atoms with Crippen molar-refractivity contribution >= 4 is 16.2 Å². The summed E-state index contributed by atoms with van der Waals surface area (Å²) < 4.78 is 77.2. The molecule has 0 unspecified atom stereocenters. The Morgan fingerprint density at radius 2 is 0.909 bits per heavy atom. The van der Waals surface area contributed by atoms with E-state index in [9.17, 15) is 13.2 Å². The molecular weight excluding hydrogens is 602 g/mol. The minimum absolute atomic E-state index is 0.0623. The molecule has 0 aliphatic carbocycles. The van der Waals surface area contributed by atoms with Crippen molar-refractivity contribution in [1.82, 2.24) is 5.32 Å². The van der Waals surface area contributed by atoms with Crippen LogP contribution in [0.1, 0.15) is 20.8 Å². The molecule has 44 heavy (non-hydrogen) atoms. The maximum Gasteiger partial charge on any atom is 0.407 e. The molecular formula is C29H51NO13S. The van der Waals surface area contributed by atoms with Crippen LogP contribution in [0.25, 0.3) is 0 Å². The van der Waals surface area contributed by atoms with Crippen LogP contribution in [0.2, 0.25) is 0 Å². The van der Waals surface area contributed by atoms with Gasteiger partial charge in [0, 0.05) is 6.54 Å². The molecule has 0 atom stereocenters. The van der Waals surface area contributed by atoms with Crippen LogP contribution < -0.4 is 5.32 Å². The van der Waals surface area contributed by atoms with E-state index in [0.717, 1.165) is 0 Å². The molecule has 0 fully saturated rings. The average molecular weight is 654 g/mol. The van der Waals surface area contributed by atoms with E-state index in [4.69, 9.17) is 46.8 Å². The molecule has 14 nitrogen and oxygen atoms in total. The van der Waals surface area contributed by atoms with Crippen LogP contribution in [-0.4, -0.2) is 139 Å². The standard InChI is InChI=1S/C29H51NO13S/c1-29(2,3)43-28(31)30-9-10-34-11-12-35-13-14-36-15-16-37-17-18-38-19-20-39-21-22-40-23-24-41-25-26-42-44(32,33)27-7-5-4-6-8-27/h4-8H,9-26H2,1-3H3,(H,30,31). The van der Waals surface area contributed by atoms with Gasteiger partial charge in [0.15, 0.2) is 0 Å². The van der Waals surface area contributed by atoms with Gasteiger partial charge in [-0.1, -0.05) is 18.2 Å². The molecule has 0 bridgehead atoms. The SMILES string of the molecule is CC(C)(C)OC(=O)NCCOCCOCCOCCOCCOCCOCCOCCOCCOS(=O)(=O)c1ccccc1. The summed E-state index contributed by atoms with van der Waals surface area (Å²) in [4.78, 5) is 11.6. The second-order valence-corrected chi connectivity index (χ2v) is 11.5. The third-order valence-corrected chi connectivity index (χ3v) is 6.34. The lowest BCUT2D eigenvalue weighted by Crippen LogP contribution is -2.34. The van der Waals surface area contributed by atoms with Crippen LogP contribution in [0.3, 0.4) is 0 Å². The molecule has 1 N–H and O–H groups in total. The molecule has 0 saturated heterocycles. The first-order valence-corrected chi connectivity index (χ1v) is 16.1. The van der Waals surface area contributed by atoms with Gasteiger partial charge < -0.3 is 47.9 Å². The Morgan fingerprint density at radius 3 is 1.27 bits per heavy atom. The molecule has 0 aromatic heterocycles. The van der Waals surface area contributed by atoms with Crippen molar-refractivity contribution in [3.05, 3.63) is 30.3 Å². The zero-order valence-electron chi connectivity index (χ0n) is 26.3. The highest BCUT2D eigenvalue weighted by Crippen LogP contribution is 2.10. The van der Waals surface area contributed by atoms with E-state index in [-0.39, 0.29) is 18.1 Å². The van der Waals surface area contributed by atoms with Gasteiger partial charge in [0.05, 0.1) is 117 Å². The van der Waals surface area contributed by atoms with E-state index in [1.165, 1.54) is 12.1 Å². The smallest absolute Gasteiger partial charge is 0.407 e. The maximum atomic E-state index is 12.0. The number of hydrogen-bond donors (Lipinski definition) is 1. The second kappa shape index (κ2) is 26.3. The van der Waals surface area contributed by atoms with Crippen molar-refractivity contribution in [2.75, 3.05) is 119 Å². The Bertz CT molecular complexity index is 914. The summed E-state index contributed by atoms with van der Waals surface area (Å²) in [6, 6.07) is 7.96. The number of ether oxygens (including phenoxy) is 9. The summed E-state index contributed by atoms with van der Waals surface area (Å²) in [6.07, 6.45) is -0.460. The summed E-state index contributed by atoms with van der Waals surface area (Å²) in [5, 5.41) is 2.62. The molecule has 0 aliphatic heterocycles. The van der Waals surface area contributed by atoms with Crippen LogP contribution in [0.5, 0.6) is 0 Å². The molecule has 1 aromatic carbocycles. The molecule has 1 rings (SSSR count). The number of nitrogens with one attached hydrogen (secondary N) is 1. The van der Waals surface area contributed by atoms with Crippen LogP contribution >= 0.6 is 0 Å². The largest absolute Gasteiger partial charge is 0.444 e. The first kappa shape index (κ1) is 40.1. The van der Waals surface area contributed by atoms with Crippen molar-refractivity contribution in [2.45, 2.75) is 31.3 Å². The number of rotatable bonds is 29. The van der Waals surface area contributed by atoms with Gasteiger partial charge in [-0.05, 0) is 32.9 Å². The fourth-order valence-corrected chi connectivity index (χ4v) is 3.95. The van der Waals surface area contributed by atoms with Crippen LogP contribution in [0.15, 0.2) is 35.2 Å². The summed E-state index contributed by atoms with van der Waals surface area (Å²) in [7, 11) is -3.76. The number of hydrogen-bond acceptors (Lipinski definition) is 13. The molecule has 1 amide bonds. The zero-order chi connectivity index (χ0) is 32.2. The van der Waals surface area contributed by atoms with Crippen molar-refractivity contribution < 1.29 is 60.0 Å². The highest BCUT2D eigenvalue weighted by atomic mass is 32.2. The van der Waals surface area contributed by atoms with Crippen LogP contribution in [0, 0.1) is 0 Å². The van der Waals surface area contributed by atoms with Crippen molar-refractivity contribution in [1.29, 1.82) is 0 Å². The number of alkyl carbamates (subject to hydrolysis) is 1. The van der Waals surface area contributed by atoms with Gasteiger partial charge in [-0.3, -0.25) is 4.18 Å². The van der Waals surface area contributed by atoms with E-state index in [0.29, 0.717) is 106 Å². The van der Waals surface area contributed by atoms with E-state index in [2.05, 4.69) is 5.32 Å². The summed E-state index contributed by atoms with van der Waals surface area (Å²) in [5.74, 6) is 0. The quantitative estimate of drug-likeness (QED) is 0.0991. The van der Waals surface area contributed by atoms with Crippen LogP contribution in [0.4, 0.5) is 4.79 Å². The predicted octanol–water partition coefficient (Wildman–Crippen LogP) is 2.05. The molecule has 0 spiro atoms. The minimum Gasteiger partial charge on any atom is -0.444 e. The Morgan fingerprint density at radius 1 is 0.568 bits per heavy atom. The molecule has 0 radical (unpaired) electrons. The van der Waals surface area contributed by atoms with Gasteiger partial charge in [0.1, 0.15) is 5.60 Å². The van der Waals surface area contributed by atoms with Crippen LogP contribution in [-0.2, 0) is 56.9 Å². The number of amides is 1. The summed E-state index contributed by atoms with van der Waals surface area (Å²) >= 11 is 0. The first-order valence-electron chi connectivity index (χ1n) is 14.7. The normalized spacial score (nSPS) is 12.0. The van der Waals surface area contributed by atoms with E-state index in [1.807, 2.05) is 20.8 Å². The maximum absolute atomic E-state index is 12.0. The van der Waals surface area contributed by atoms with Crippen molar-refractivity contribution in [3.8, 4) is 0 Å². The lowest BCUT2D eigenvalue weighted by atomic mass is 10.2. The van der Waals surface area contributed by atoms with Gasteiger partial charge >= 0.3 is 6.09 Å².